The van der Waals surface area contributed by atoms with Crippen LogP contribution in [0.25, 0.3) is 0 Å². The molecule has 26 heavy (non-hydrogen) atoms. The Labute approximate surface area is 153 Å². The van der Waals surface area contributed by atoms with Gasteiger partial charge in [-0.1, -0.05) is 12.1 Å². The van der Waals surface area contributed by atoms with E-state index in [1.165, 1.54) is 12.1 Å². The summed E-state index contributed by atoms with van der Waals surface area (Å²) < 4.78 is 18.9. The summed E-state index contributed by atoms with van der Waals surface area (Å²) in [5.41, 5.74) is 2.72. The van der Waals surface area contributed by atoms with Crippen molar-refractivity contribution in [2.75, 3.05) is 33.7 Å². The van der Waals surface area contributed by atoms with Gasteiger partial charge >= 0.3 is 0 Å². The van der Waals surface area contributed by atoms with Gasteiger partial charge in [0, 0.05) is 44.7 Å². The zero-order chi connectivity index (χ0) is 18.7. The highest BCUT2D eigenvalue weighted by Crippen LogP contribution is 2.28. The summed E-state index contributed by atoms with van der Waals surface area (Å²) in [5.74, 6) is 1.30. The summed E-state index contributed by atoms with van der Waals surface area (Å²) in [4.78, 5) is 16.9. The molecule has 1 N–H and O–H groups in total. The zero-order valence-electron chi connectivity index (χ0n) is 15.6. The van der Waals surface area contributed by atoms with Gasteiger partial charge in [-0.2, -0.15) is 0 Å². The molecule has 2 aromatic rings. The largest absolute Gasteiger partial charge is 0.465 e. The molecule has 0 saturated heterocycles. The first-order chi connectivity index (χ1) is 12.4. The molecule has 6 heteroatoms. The molecule has 0 atom stereocenters. The SMILES string of the molecule is Cc1oc2c(c1C(=O)NCCN(C)C)CN(Cc1ccc(F)cc1)CC2. The number of hydrogen-bond acceptors (Lipinski definition) is 4. The van der Waals surface area contributed by atoms with Crippen molar-refractivity contribution in [3.8, 4) is 0 Å². The maximum Gasteiger partial charge on any atom is 0.255 e. The minimum Gasteiger partial charge on any atom is -0.465 e. The Balaban J connectivity index is 1.70. The fourth-order valence-electron chi connectivity index (χ4n) is 3.34. The Morgan fingerprint density at radius 3 is 2.73 bits per heavy atom. The smallest absolute Gasteiger partial charge is 0.255 e. The van der Waals surface area contributed by atoms with E-state index in [1.54, 1.807) is 12.1 Å². The predicted octanol–water partition coefficient (Wildman–Crippen LogP) is 2.58. The van der Waals surface area contributed by atoms with E-state index in [-0.39, 0.29) is 11.7 Å². The van der Waals surface area contributed by atoms with Crippen molar-refractivity contribution >= 4 is 5.91 Å². The van der Waals surface area contributed by atoms with Gasteiger partial charge in [-0.3, -0.25) is 9.69 Å². The van der Waals surface area contributed by atoms with Crippen molar-refractivity contribution < 1.29 is 13.6 Å². The summed E-state index contributed by atoms with van der Waals surface area (Å²) in [6.45, 7) is 5.50. The van der Waals surface area contributed by atoms with Crippen LogP contribution in [0.3, 0.4) is 0 Å². The third-order valence-corrected chi connectivity index (χ3v) is 4.69. The molecular weight excluding hydrogens is 333 g/mol. The number of nitrogens with one attached hydrogen (secondary N) is 1. The molecule has 1 aromatic heterocycles. The standard InChI is InChI=1S/C20H26FN3O2/c1-14-19(20(25)22-9-11-23(2)3)17-13-24(10-8-18(17)26-14)12-15-4-6-16(21)7-5-15/h4-7H,8-13H2,1-3H3,(H,22,25). The maximum absolute atomic E-state index is 13.1. The highest BCUT2D eigenvalue weighted by molar-refractivity contribution is 5.97. The molecule has 2 heterocycles. The minimum atomic E-state index is -0.225. The van der Waals surface area contributed by atoms with Crippen LogP contribution < -0.4 is 5.32 Å². The van der Waals surface area contributed by atoms with Crippen LogP contribution in [-0.4, -0.2) is 49.4 Å². The molecule has 0 fully saturated rings. The predicted molar refractivity (Wildman–Crippen MR) is 98.6 cm³/mol. The maximum atomic E-state index is 13.1. The lowest BCUT2D eigenvalue weighted by molar-refractivity contribution is 0.0947. The second kappa shape index (κ2) is 8.01. The number of aryl methyl sites for hydroxylation is 1. The second-order valence-corrected chi connectivity index (χ2v) is 7.08. The average molecular weight is 359 g/mol. The van der Waals surface area contributed by atoms with Crippen LogP contribution in [0.1, 0.15) is 33.0 Å². The highest BCUT2D eigenvalue weighted by atomic mass is 19.1. The van der Waals surface area contributed by atoms with Crippen LogP contribution in [-0.2, 0) is 19.5 Å². The van der Waals surface area contributed by atoms with Crippen LogP contribution in [0, 0.1) is 12.7 Å². The van der Waals surface area contributed by atoms with Gasteiger partial charge in [-0.15, -0.1) is 0 Å². The number of furan rings is 1. The Hall–Kier alpha value is -2.18. The fraction of sp³-hybridized carbons (Fsp3) is 0.450. The number of carbonyl (C=O) groups is 1. The van der Waals surface area contributed by atoms with E-state index in [0.29, 0.717) is 24.4 Å². The van der Waals surface area contributed by atoms with Crippen molar-refractivity contribution in [1.82, 2.24) is 15.1 Å². The van der Waals surface area contributed by atoms with Gasteiger partial charge in [0.2, 0.25) is 0 Å². The molecule has 1 aromatic carbocycles. The molecule has 0 unspecified atom stereocenters. The quantitative estimate of drug-likeness (QED) is 0.861. The number of likely N-dealkylation sites (N-methyl/N-ethyl adjacent to an activating group) is 1. The van der Waals surface area contributed by atoms with Gasteiger partial charge in [0.15, 0.2) is 0 Å². The van der Waals surface area contributed by atoms with Crippen LogP contribution in [0.4, 0.5) is 4.39 Å². The molecule has 0 radical (unpaired) electrons. The van der Waals surface area contributed by atoms with Gasteiger partial charge in [0.25, 0.3) is 5.91 Å². The second-order valence-electron chi connectivity index (χ2n) is 7.08. The first-order valence-electron chi connectivity index (χ1n) is 8.95. The summed E-state index contributed by atoms with van der Waals surface area (Å²) in [6.07, 6.45) is 0.780. The molecule has 0 aliphatic carbocycles. The van der Waals surface area contributed by atoms with E-state index in [2.05, 4.69) is 10.2 Å². The van der Waals surface area contributed by atoms with E-state index in [9.17, 15) is 9.18 Å². The zero-order valence-corrected chi connectivity index (χ0v) is 15.6. The van der Waals surface area contributed by atoms with E-state index >= 15 is 0 Å². The molecule has 1 aliphatic heterocycles. The molecule has 0 bridgehead atoms. The summed E-state index contributed by atoms with van der Waals surface area (Å²) in [6, 6.07) is 6.58. The first kappa shape index (κ1) is 18.6. The van der Waals surface area contributed by atoms with Gasteiger partial charge in [-0.25, -0.2) is 4.39 Å². The molecule has 140 valence electrons. The van der Waals surface area contributed by atoms with Crippen molar-refractivity contribution in [3.63, 3.8) is 0 Å². The first-order valence-corrected chi connectivity index (χ1v) is 8.95. The summed E-state index contributed by atoms with van der Waals surface area (Å²) in [5, 5.41) is 2.98. The van der Waals surface area contributed by atoms with Crippen LogP contribution in [0.2, 0.25) is 0 Å². The lowest BCUT2D eigenvalue weighted by atomic mass is 10.0. The number of fused-ring (bicyclic) bond motifs is 1. The van der Waals surface area contributed by atoms with E-state index in [0.717, 1.165) is 42.9 Å². The molecule has 1 aliphatic rings. The Kier molecular flexibility index (Phi) is 5.74. The molecule has 0 saturated carbocycles. The lowest BCUT2D eigenvalue weighted by Crippen LogP contribution is -2.34. The third-order valence-electron chi connectivity index (χ3n) is 4.69. The van der Waals surface area contributed by atoms with Crippen molar-refractivity contribution in [2.24, 2.45) is 0 Å². The van der Waals surface area contributed by atoms with Gasteiger partial charge < -0.3 is 14.6 Å². The molecule has 5 nitrogen and oxygen atoms in total. The summed E-state index contributed by atoms with van der Waals surface area (Å²) >= 11 is 0. The van der Waals surface area contributed by atoms with Crippen molar-refractivity contribution in [3.05, 3.63) is 58.3 Å². The van der Waals surface area contributed by atoms with Crippen LogP contribution >= 0.6 is 0 Å². The highest BCUT2D eigenvalue weighted by Gasteiger charge is 2.28. The molecule has 3 rings (SSSR count). The van der Waals surface area contributed by atoms with Gasteiger partial charge in [0.1, 0.15) is 17.3 Å². The molecule has 1 amide bonds. The van der Waals surface area contributed by atoms with Crippen LogP contribution in [0.15, 0.2) is 28.7 Å². The number of hydrogen-bond donors (Lipinski definition) is 1. The fourth-order valence-corrected chi connectivity index (χ4v) is 3.34. The number of halogens is 1. The Morgan fingerprint density at radius 2 is 2.04 bits per heavy atom. The average Bonchev–Trinajstić information content (AvgIpc) is 2.91. The van der Waals surface area contributed by atoms with Gasteiger partial charge in [0.05, 0.1) is 5.56 Å². The van der Waals surface area contributed by atoms with E-state index < -0.39 is 0 Å². The molecule has 0 spiro atoms. The number of nitrogens with zero attached hydrogens (tertiary/aromatic N) is 2. The topological polar surface area (TPSA) is 48.7 Å². The van der Waals surface area contributed by atoms with Crippen molar-refractivity contribution in [1.29, 1.82) is 0 Å². The molecular formula is C20H26FN3O2. The third kappa shape index (κ3) is 4.31. The minimum absolute atomic E-state index is 0.0713. The Morgan fingerprint density at radius 1 is 1.31 bits per heavy atom. The monoisotopic (exact) mass is 359 g/mol. The van der Waals surface area contributed by atoms with Gasteiger partial charge in [-0.05, 0) is 38.7 Å². The van der Waals surface area contributed by atoms with E-state index in [4.69, 9.17) is 4.42 Å². The summed E-state index contributed by atoms with van der Waals surface area (Å²) in [7, 11) is 3.95. The number of benzene rings is 1. The van der Waals surface area contributed by atoms with E-state index in [1.807, 2.05) is 25.9 Å². The Bertz CT molecular complexity index is 768. The number of carbonyl (C=O) groups excluding carboxylic acids is 1. The number of rotatable bonds is 6. The van der Waals surface area contributed by atoms with Crippen LogP contribution in [0.5, 0.6) is 0 Å². The van der Waals surface area contributed by atoms with Crippen molar-refractivity contribution in [2.45, 2.75) is 26.4 Å². The number of amides is 1. The lowest BCUT2D eigenvalue weighted by Gasteiger charge is -2.26. The normalized spacial score (nSPS) is 14.5.